The Balaban J connectivity index is 1.77. The van der Waals surface area contributed by atoms with E-state index in [2.05, 4.69) is 24.5 Å². The Hall–Kier alpha value is -2.04. The van der Waals surface area contributed by atoms with Crippen LogP contribution in [0.5, 0.6) is 5.75 Å². The fourth-order valence-electron chi connectivity index (χ4n) is 2.12. The summed E-state index contributed by atoms with van der Waals surface area (Å²) in [6.45, 7) is 4.17. The van der Waals surface area contributed by atoms with Gasteiger partial charge in [-0.3, -0.25) is 9.59 Å². The maximum absolute atomic E-state index is 11.8. The zero-order valence-corrected chi connectivity index (χ0v) is 13.2. The van der Waals surface area contributed by atoms with Gasteiger partial charge in [-0.2, -0.15) is 0 Å². The molecule has 0 bridgehead atoms. The summed E-state index contributed by atoms with van der Waals surface area (Å²) in [5.74, 6) is 0.679. The zero-order chi connectivity index (χ0) is 15.9. The van der Waals surface area contributed by atoms with Gasteiger partial charge in [-0.15, -0.1) is 0 Å². The van der Waals surface area contributed by atoms with Gasteiger partial charge in [0.15, 0.2) is 6.61 Å². The minimum absolute atomic E-state index is 0.00566. The van der Waals surface area contributed by atoms with Crippen LogP contribution in [0.4, 0.5) is 0 Å². The number of benzene rings is 1. The fourth-order valence-corrected chi connectivity index (χ4v) is 2.12. The van der Waals surface area contributed by atoms with E-state index in [-0.39, 0.29) is 25.0 Å². The molecule has 1 atom stereocenters. The molecule has 1 fully saturated rings. The van der Waals surface area contributed by atoms with Crippen LogP contribution >= 0.6 is 0 Å². The molecule has 22 heavy (non-hydrogen) atoms. The van der Waals surface area contributed by atoms with Crippen LogP contribution in [0.1, 0.15) is 44.6 Å². The Morgan fingerprint density at radius 3 is 2.68 bits per heavy atom. The smallest absolute Gasteiger partial charge is 0.258 e. The summed E-state index contributed by atoms with van der Waals surface area (Å²) in [4.78, 5) is 23.2. The Morgan fingerprint density at radius 2 is 2.00 bits per heavy atom. The van der Waals surface area contributed by atoms with Crippen molar-refractivity contribution in [2.75, 3.05) is 13.2 Å². The number of ether oxygens (including phenoxy) is 1. The minimum Gasteiger partial charge on any atom is -0.483 e. The van der Waals surface area contributed by atoms with Crippen LogP contribution in [0.25, 0.3) is 0 Å². The van der Waals surface area contributed by atoms with Crippen molar-refractivity contribution in [3.8, 4) is 5.75 Å². The van der Waals surface area contributed by atoms with Gasteiger partial charge in [-0.25, -0.2) is 0 Å². The lowest BCUT2D eigenvalue weighted by molar-refractivity contribution is -0.127. The van der Waals surface area contributed by atoms with E-state index < -0.39 is 0 Å². The van der Waals surface area contributed by atoms with Crippen molar-refractivity contribution in [1.29, 1.82) is 0 Å². The number of carbonyl (C=O) groups is 2. The Kier molecular flexibility index (Phi) is 5.81. The Bertz CT molecular complexity index is 526. The highest BCUT2D eigenvalue weighted by Crippen LogP contribution is 2.28. The van der Waals surface area contributed by atoms with Crippen LogP contribution in [0.2, 0.25) is 0 Å². The quantitative estimate of drug-likeness (QED) is 0.771. The zero-order valence-electron chi connectivity index (χ0n) is 13.2. The van der Waals surface area contributed by atoms with Crippen molar-refractivity contribution in [2.45, 2.75) is 45.1 Å². The summed E-state index contributed by atoms with van der Waals surface area (Å²) in [6, 6.07) is 8.06. The van der Waals surface area contributed by atoms with E-state index >= 15 is 0 Å². The number of nitrogens with one attached hydrogen (secondary N) is 2. The molecular weight excluding hydrogens is 280 g/mol. The lowest BCUT2D eigenvalue weighted by Gasteiger charge is -2.15. The molecule has 0 aromatic heterocycles. The molecule has 0 spiro atoms. The first-order chi connectivity index (χ1) is 10.6. The second-order valence-electron chi connectivity index (χ2n) is 5.75. The normalized spacial score (nSPS) is 15.0. The SMILES string of the molecule is CCC(C)c1ccccc1OCC(=O)NCC(=O)NC1CC1. The van der Waals surface area contributed by atoms with Gasteiger partial charge in [-0.1, -0.05) is 32.0 Å². The molecule has 1 aliphatic carbocycles. The molecule has 0 saturated heterocycles. The first-order valence-corrected chi connectivity index (χ1v) is 7.88. The molecule has 1 unspecified atom stereocenters. The van der Waals surface area contributed by atoms with Gasteiger partial charge in [-0.05, 0) is 36.8 Å². The molecule has 1 aromatic rings. The van der Waals surface area contributed by atoms with E-state index in [9.17, 15) is 9.59 Å². The second-order valence-corrected chi connectivity index (χ2v) is 5.75. The second kappa shape index (κ2) is 7.82. The minimum atomic E-state index is -0.287. The fraction of sp³-hybridized carbons (Fsp3) is 0.529. The number of hydrogen-bond acceptors (Lipinski definition) is 3. The van der Waals surface area contributed by atoms with E-state index in [1.54, 1.807) is 0 Å². The standard InChI is InChI=1S/C17H24N2O3/c1-3-12(2)14-6-4-5-7-15(14)22-11-17(21)18-10-16(20)19-13-8-9-13/h4-7,12-13H,3,8-11H2,1-2H3,(H,18,21)(H,19,20). The van der Waals surface area contributed by atoms with Crippen LogP contribution in [-0.4, -0.2) is 31.0 Å². The van der Waals surface area contributed by atoms with Gasteiger partial charge in [0, 0.05) is 6.04 Å². The van der Waals surface area contributed by atoms with Crippen molar-refractivity contribution in [1.82, 2.24) is 10.6 Å². The summed E-state index contributed by atoms with van der Waals surface area (Å²) in [7, 11) is 0. The molecule has 0 aliphatic heterocycles. The predicted octanol–water partition coefficient (Wildman–Crippen LogP) is 1.97. The number of hydrogen-bond donors (Lipinski definition) is 2. The maximum Gasteiger partial charge on any atom is 0.258 e. The highest BCUT2D eigenvalue weighted by molar-refractivity contribution is 5.85. The molecule has 5 heteroatoms. The van der Waals surface area contributed by atoms with E-state index in [1.165, 1.54) is 0 Å². The summed E-state index contributed by atoms with van der Waals surface area (Å²) >= 11 is 0. The van der Waals surface area contributed by atoms with Crippen molar-refractivity contribution >= 4 is 11.8 Å². The van der Waals surface area contributed by atoms with Crippen LogP contribution in [0.15, 0.2) is 24.3 Å². The molecule has 0 radical (unpaired) electrons. The molecule has 2 N–H and O–H groups in total. The molecule has 1 aromatic carbocycles. The van der Waals surface area contributed by atoms with Gasteiger partial charge < -0.3 is 15.4 Å². The Morgan fingerprint density at radius 1 is 1.27 bits per heavy atom. The number of rotatable bonds is 8. The molecule has 1 aliphatic rings. The van der Waals surface area contributed by atoms with Crippen LogP contribution in [0.3, 0.4) is 0 Å². The first-order valence-electron chi connectivity index (χ1n) is 7.88. The molecule has 2 rings (SSSR count). The van der Waals surface area contributed by atoms with Crippen molar-refractivity contribution in [3.05, 3.63) is 29.8 Å². The number of amides is 2. The summed E-state index contributed by atoms with van der Waals surface area (Å²) in [5.41, 5.74) is 1.10. The molecule has 120 valence electrons. The average Bonchev–Trinajstić information content (AvgIpc) is 3.34. The highest BCUT2D eigenvalue weighted by Gasteiger charge is 2.23. The maximum atomic E-state index is 11.8. The van der Waals surface area contributed by atoms with Gasteiger partial charge >= 0.3 is 0 Å². The van der Waals surface area contributed by atoms with Crippen molar-refractivity contribution in [3.63, 3.8) is 0 Å². The lowest BCUT2D eigenvalue weighted by atomic mass is 9.98. The van der Waals surface area contributed by atoms with E-state index in [1.807, 2.05) is 24.3 Å². The van der Waals surface area contributed by atoms with Crippen LogP contribution in [0, 0.1) is 0 Å². The van der Waals surface area contributed by atoms with Crippen molar-refractivity contribution in [2.24, 2.45) is 0 Å². The van der Waals surface area contributed by atoms with E-state index in [0.717, 1.165) is 30.6 Å². The number of para-hydroxylation sites is 1. The summed E-state index contributed by atoms with van der Waals surface area (Å²) < 4.78 is 5.60. The first kappa shape index (κ1) is 16.3. The predicted molar refractivity (Wildman–Crippen MR) is 84.8 cm³/mol. The molecule has 1 saturated carbocycles. The lowest BCUT2D eigenvalue weighted by Crippen LogP contribution is -2.39. The summed E-state index contributed by atoms with van der Waals surface area (Å²) in [6.07, 6.45) is 3.08. The average molecular weight is 304 g/mol. The van der Waals surface area contributed by atoms with Crippen LogP contribution in [-0.2, 0) is 9.59 Å². The van der Waals surface area contributed by atoms with Gasteiger partial charge in [0.2, 0.25) is 5.91 Å². The van der Waals surface area contributed by atoms with Crippen LogP contribution < -0.4 is 15.4 Å². The third-order valence-corrected chi connectivity index (χ3v) is 3.81. The van der Waals surface area contributed by atoms with Crippen molar-refractivity contribution < 1.29 is 14.3 Å². The van der Waals surface area contributed by atoms with E-state index in [4.69, 9.17) is 4.74 Å². The monoisotopic (exact) mass is 304 g/mol. The molecular formula is C17H24N2O3. The number of carbonyl (C=O) groups excluding carboxylic acids is 2. The molecule has 2 amide bonds. The highest BCUT2D eigenvalue weighted by atomic mass is 16.5. The third kappa shape index (κ3) is 5.06. The van der Waals surface area contributed by atoms with Gasteiger partial charge in [0.1, 0.15) is 5.75 Å². The topological polar surface area (TPSA) is 67.4 Å². The molecule has 5 nitrogen and oxygen atoms in total. The van der Waals surface area contributed by atoms with Gasteiger partial charge in [0.05, 0.1) is 6.54 Å². The van der Waals surface area contributed by atoms with E-state index in [0.29, 0.717) is 12.0 Å². The largest absolute Gasteiger partial charge is 0.483 e. The molecule has 0 heterocycles. The van der Waals surface area contributed by atoms with Gasteiger partial charge in [0.25, 0.3) is 5.91 Å². The third-order valence-electron chi connectivity index (χ3n) is 3.81. The Labute approximate surface area is 131 Å². The summed E-state index contributed by atoms with van der Waals surface area (Å²) in [5, 5.41) is 5.39.